The van der Waals surface area contributed by atoms with Gasteiger partial charge in [-0.05, 0) is 89.2 Å². The van der Waals surface area contributed by atoms with Crippen LogP contribution in [-0.4, -0.2) is 9.97 Å². The van der Waals surface area contributed by atoms with Crippen molar-refractivity contribution in [2.45, 2.75) is 0 Å². The number of hydrogen-bond acceptors (Lipinski definition) is 2. The molecule has 0 aliphatic carbocycles. The molecule has 11 rings (SSSR count). The molecule has 0 aliphatic rings. The number of nitrogens with zero attached hydrogens (tertiary/aromatic N) is 2. The second-order valence-electron chi connectivity index (χ2n) is 13.1. The predicted molar refractivity (Wildman–Crippen MR) is 219 cm³/mol. The Balaban J connectivity index is 0.000000140. The second-order valence-corrected chi connectivity index (χ2v) is 13.1. The molecule has 0 atom stereocenters. The Bertz CT molecular complexity index is 2950. The average Bonchev–Trinajstić information content (AvgIpc) is 3.24. The largest absolute Gasteiger partial charge is 0.305 e. The van der Waals surface area contributed by atoms with Crippen LogP contribution in [0.25, 0.3) is 98.3 Å². The van der Waals surface area contributed by atoms with Crippen molar-refractivity contribution in [3.05, 3.63) is 194 Å². The minimum atomic E-state index is 0. The first-order valence-corrected chi connectivity index (χ1v) is 17.6. The molecule has 0 saturated carbocycles. The zero-order valence-corrected chi connectivity index (χ0v) is 30.9. The van der Waals surface area contributed by atoms with Crippen LogP contribution in [0.1, 0.15) is 0 Å². The van der Waals surface area contributed by atoms with Gasteiger partial charge in [-0.25, -0.2) is 0 Å². The van der Waals surface area contributed by atoms with Gasteiger partial charge in [0.25, 0.3) is 0 Å². The Morgan fingerprint density at radius 3 is 1.81 bits per heavy atom. The van der Waals surface area contributed by atoms with Crippen molar-refractivity contribution in [1.29, 1.82) is 0 Å². The number of rotatable bonds is 3. The van der Waals surface area contributed by atoms with Gasteiger partial charge in [-0.2, -0.15) is 0 Å². The zero-order valence-electron chi connectivity index (χ0n) is 28.5. The molecule has 1 radical (unpaired) electrons. The number of benzene rings is 9. The van der Waals surface area contributed by atoms with Gasteiger partial charge in [-0.15, -0.1) is 59.0 Å². The van der Waals surface area contributed by atoms with Crippen molar-refractivity contribution in [1.82, 2.24) is 9.97 Å². The average molecular weight is 851 g/mol. The van der Waals surface area contributed by atoms with Gasteiger partial charge in [-0.3, -0.25) is 0 Å². The summed E-state index contributed by atoms with van der Waals surface area (Å²) in [5.41, 5.74) is 7.72. The Kier molecular flexibility index (Phi) is 8.44. The van der Waals surface area contributed by atoms with E-state index in [9.17, 15) is 0 Å². The number of pyridine rings is 2. The molecule has 0 fully saturated rings. The molecular weight excluding hydrogens is 821 g/mol. The van der Waals surface area contributed by atoms with E-state index in [0.717, 1.165) is 22.2 Å². The summed E-state index contributed by atoms with van der Waals surface area (Å²) in [6.45, 7) is 0. The van der Waals surface area contributed by atoms with Gasteiger partial charge in [0.2, 0.25) is 0 Å². The molecule has 2 nitrogen and oxygen atoms in total. The zero-order chi connectivity index (χ0) is 34.4. The molecular formula is C50H30IrN2-2. The Morgan fingerprint density at radius 1 is 0.377 bits per heavy atom. The quantitative estimate of drug-likeness (QED) is 0.101. The molecule has 0 unspecified atom stereocenters. The van der Waals surface area contributed by atoms with Crippen LogP contribution < -0.4 is 0 Å². The first-order valence-electron chi connectivity index (χ1n) is 17.6. The van der Waals surface area contributed by atoms with Gasteiger partial charge in [-0.1, -0.05) is 132 Å². The third-order valence-electron chi connectivity index (χ3n) is 10.2. The number of hydrogen-bond donors (Lipinski definition) is 0. The fraction of sp³-hybridized carbons (Fsp3) is 0. The van der Waals surface area contributed by atoms with Gasteiger partial charge in [0.1, 0.15) is 0 Å². The fourth-order valence-electron chi connectivity index (χ4n) is 7.84. The van der Waals surface area contributed by atoms with Crippen LogP contribution in [0.2, 0.25) is 0 Å². The standard InChI is InChI=1S/C27H14N.C23H16N.Ir/c1-2-8-17-16(7-1)15-23-21-13-6-14-28-27(21)22-12-5-11-20-18-9-3-4-10-19(18)24(17)26(23)25(20)22;1-3-8-18(9-4-1)20-12-7-13-22(16-20)23-17-21(14-15-24-23)19-10-5-2-6-11-19;/h1-11,13-15H;1-12,14-17H;/q2*-1;. The monoisotopic (exact) mass is 851 g/mol. The molecule has 0 bridgehead atoms. The molecule has 2 aromatic heterocycles. The molecule has 3 heteroatoms. The summed E-state index contributed by atoms with van der Waals surface area (Å²) < 4.78 is 0. The van der Waals surface area contributed by atoms with E-state index in [1.807, 2.05) is 48.8 Å². The molecule has 0 amide bonds. The maximum absolute atomic E-state index is 4.76. The van der Waals surface area contributed by atoms with Crippen LogP contribution in [0.4, 0.5) is 0 Å². The Labute approximate surface area is 321 Å². The Morgan fingerprint density at radius 2 is 1.02 bits per heavy atom. The summed E-state index contributed by atoms with van der Waals surface area (Å²) in [5, 5.41) is 14.0. The van der Waals surface area contributed by atoms with Crippen molar-refractivity contribution in [2.75, 3.05) is 0 Å². The molecule has 0 aliphatic heterocycles. The van der Waals surface area contributed by atoms with Crippen LogP contribution in [-0.2, 0) is 20.1 Å². The van der Waals surface area contributed by atoms with Crippen LogP contribution in [0.5, 0.6) is 0 Å². The van der Waals surface area contributed by atoms with Gasteiger partial charge in [0.15, 0.2) is 0 Å². The van der Waals surface area contributed by atoms with Crippen LogP contribution >= 0.6 is 0 Å². The van der Waals surface area contributed by atoms with E-state index in [-0.39, 0.29) is 20.1 Å². The first kappa shape index (κ1) is 32.6. The van der Waals surface area contributed by atoms with Gasteiger partial charge in [0.05, 0.1) is 0 Å². The normalized spacial score (nSPS) is 11.2. The van der Waals surface area contributed by atoms with Gasteiger partial charge in [0, 0.05) is 32.5 Å². The molecule has 0 saturated heterocycles. The van der Waals surface area contributed by atoms with E-state index in [0.29, 0.717) is 0 Å². The molecule has 9 aromatic carbocycles. The topological polar surface area (TPSA) is 25.8 Å². The number of fused-ring (bicyclic) bond motifs is 8. The van der Waals surface area contributed by atoms with Gasteiger partial charge < -0.3 is 9.97 Å². The van der Waals surface area contributed by atoms with Gasteiger partial charge >= 0.3 is 0 Å². The summed E-state index contributed by atoms with van der Waals surface area (Å²) >= 11 is 0. The molecule has 0 spiro atoms. The summed E-state index contributed by atoms with van der Waals surface area (Å²) in [5.74, 6) is 0. The van der Waals surface area contributed by atoms with Crippen molar-refractivity contribution in [3.63, 3.8) is 0 Å². The van der Waals surface area contributed by atoms with Crippen molar-refractivity contribution in [2.24, 2.45) is 0 Å². The summed E-state index contributed by atoms with van der Waals surface area (Å²) in [7, 11) is 0. The van der Waals surface area contributed by atoms with Crippen molar-refractivity contribution < 1.29 is 20.1 Å². The van der Waals surface area contributed by atoms with Crippen molar-refractivity contribution >= 4 is 64.8 Å². The Hall–Kier alpha value is -6.25. The van der Waals surface area contributed by atoms with Crippen molar-refractivity contribution in [3.8, 4) is 33.5 Å². The van der Waals surface area contributed by atoms with E-state index in [4.69, 9.17) is 4.98 Å². The van der Waals surface area contributed by atoms with E-state index in [2.05, 4.69) is 151 Å². The summed E-state index contributed by atoms with van der Waals surface area (Å²) in [6.07, 6.45) is 3.75. The SMILES string of the molecule is [Ir].[c-]1ccc(-c2ccccc2)cc1-c1cc(-c2ccccc2)ccn1.[c-]1ccc2c3ccccc3c3c4ccccc4cc4c5cccnc5c1c2c43. The first-order chi connectivity index (χ1) is 25.8. The number of aromatic nitrogens is 2. The minimum absolute atomic E-state index is 0. The van der Waals surface area contributed by atoms with E-state index >= 15 is 0 Å². The molecule has 53 heavy (non-hydrogen) atoms. The predicted octanol–water partition coefficient (Wildman–Crippen LogP) is 13.1. The van der Waals surface area contributed by atoms with Crippen LogP contribution in [0, 0.1) is 12.1 Å². The molecule has 0 N–H and O–H groups in total. The smallest absolute Gasteiger partial charge is 0.0166 e. The van der Waals surface area contributed by atoms with Crippen LogP contribution in [0.3, 0.4) is 0 Å². The van der Waals surface area contributed by atoms with Crippen LogP contribution in [0.15, 0.2) is 182 Å². The molecule has 251 valence electrons. The minimum Gasteiger partial charge on any atom is -0.305 e. The summed E-state index contributed by atoms with van der Waals surface area (Å²) in [4.78, 5) is 9.30. The maximum atomic E-state index is 4.76. The van der Waals surface area contributed by atoms with E-state index in [1.165, 1.54) is 76.1 Å². The maximum Gasteiger partial charge on any atom is 0.0166 e. The molecule has 2 heterocycles. The second kappa shape index (κ2) is 13.7. The third-order valence-corrected chi connectivity index (χ3v) is 10.2. The van der Waals surface area contributed by atoms with E-state index < -0.39 is 0 Å². The summed E-state index contributed by atoms with van der Waals surface area (Å²) in [6, 6.07) is 66.2. The molecule has 11 aromatic rings. The third kappa shape index (κ3) is 5.63. The fourth-order valence-corrected chi connectivity index (χ4v) is 7.84. The van der Waals surface area contributed by atoms with E-state index in [1.54, 1.807) is 0 Å².